The maximum Gasteiger partial charge on any atom is 0.311 e. The number of amides is 3. The first kappa shape index (κ1) is 12.0. The fraction of sp³-hybridized carbons (Fsp3) is 0.556. The van der Waals surface area contributed by atoms with E-state index in [-0.39, 0.29) is 19.0 Å². The van der Waals surface area contributed by atoms with E-state index in [4.69, 9.17) is 11.0 Å². The third-order valence-electron chi connectivity index (χ3n) is 2.40. The molecule has 0 spiro atoms. The maximum atomic E-state index is 11.5. The third-order valence-corrected chi connectivity index (χ3v) is 2.40. The standard InChI is InChI=1S/C9H12N4O3/c10-2-3-12-8(15)9(16)13-4-1-6(5-13)7(11)14/h6H,1,3-5H2,(H2,11,14)(H,12,15). The Bertz CT molecular complexity index is 360. The molecule has 7 heteroatoms. The van der Waals surface area contributed by atoms with E-state index < -0.39 is 17.7 Å². The Hall–Kier alpha value is -2.10. The molecule has 1 atom stereocenters. The van der Waals surface area contributed by atoms with E-state index in [1.165, 1.54) is 4.90 Å². The Balaban J connectivity index is 2.48. The van der Waals surface area contributed by atoms with Crippen LogP contribution in [0.5, 0.6) is 0 Å². The van der Waals surface area contributed by atoms with Crippen molar-refractivity contribution in [2.24, 2.45) is 11.7 Å². The van der Waals surface area contributed by atoms with E-state index >= 15 is 0 Å². The van der Waals surface area contributed by atoms with E-state index in [9.17, 15) is 14.4 Å². The molecule has 0 radical (unpaired) electrons. The van der Waals surface area contributed by atoms with Gasteiger partial charge < -0.3 is 16.0 Å². The van der Waals surface area contributed by atoms with E-state index in [1.807, 2.05) is 0 Å². The fourth-order valence-corrected chi connectivity index (χ4v) is 1.52. The average Bonchev–Trinajstić information content (AvgIpc) is 2.74. The minimum atomic E-state index is -0.827. The molecule has 16 heavy (non-hydrogen) atoms. The van der Waals surface area contributed by atoms with Gasteiger partial charge in [0.05, 0.1) is 12.0 Å². The zero-order chi connectivity index (χ0) is 12.1. The number of nitrogens with zero attached hydrogens (tertiary/aromatic N) is 2. The van der Waals surface area contributed by atoms with Gasteiger partial charge >= 0.3 is 11.8 Å². The smallest absolute Gasteiger partial charge is 0.311 e. The lowest BCUT2D eigenvalue weighted by Crippen LogP contribution is -2.42. The molecule has 0 bridgehead atoms. The van der Waals surface area contributed by atoms with Gasteiger partial charge in [-0.2, -0.15) is 5.26 Å². The van der Waals surface area contributed by atoms with Crippen LogP contribution in [0.3, 0.4) is 0 Å². The summed E-state index contributed by atoms with van der Waals surface area (Å²) in [7, 11) is 0. The van der Waals surface area contributed by atoms with Crippen molar-refractivity contribution >= 4 is 17.7 Å². The quantitative estimate of drug-likeness (QED) is 0.415. The largest absolute Gasteiger partial charge is 0.369 e. The predicted octanol–water partition coefficient (Wildman–Crippen LogP) is -2.04. The molecule has 1 aliphatic rings. The summed E-state index contributed by atoms with van der Waals surface area (Å²) in [6, 6.07) is 1.69. The van der Waals surface area contributed by atoms with E-state index in [1.54, 1.807) is 6.07 Å². The van der Waals surface area contributed by atoms with Crippen LogP contribution >= 0.6 is 0 Å². The van der Waals surface area contributed by atoms with E-state index in [0.717, 1.165) is 0 Å². The van der Waals surface area contributed by atoms with Gasteiger partial charge in [-0.1, -0.05) is 0 Å². The topological polar surface area (TPSA) is 116 Å². The molecule has 1 aliphatic heterocycles. The number of primary amides is 1. The molecule has 0 aliphatic carbocycles. The predicted molar refractivity (Wildman–Crippen MR) is 52.5 cm³/mol. The molecular formula is C9H12N4O3. The lowest BCUT2D eigenvalue weighted by Gasteiger charge is -2.14. The molecule has 1 saturated heterocycles. The van der Waals surface area contributed by atoms with Crippen LogP contribution in [-0.2, 0) is 14.4 Å². The number of nitriles is 1. The van der Waals surface area contributed by atoms with Crippen LogP contribution in [0.1, 0.15) is 6.42 Å². The first-order chi connectivity index (χ1) is 7.56. The number of nitrogens with one attached hydrogen (secondary N) is 1. The van der Waals surface area contributed by atoms with Gasteiger partial charge in [0.15, 0.2) is 0 Å². The van der Waals surface area contributed by atoms with Gasteiger partial charge in [-0.25, -0.2) is 0 Å². The summed E-state index contributed by atoms with van der Waals surface area (Å²) < 4.78 is 0. The Labute approximate surface area is 92.2 Å². The second-order valence-electron chi connectivity index (χ2n) is 3.48. The molecule has 0 aromatic heterocycles. The molecule has 0 aromatic carbocycles. The Morgan fingerprint density at radius 2 is 2.19 bits per heavy atom. The second-order valence-corrected chi connectivity index (χ2v) is 3.48. The Morgan fingerprint density at radius 3 is 2.69 bits per heavy atom. The molecule has 1 rings (SSSR count). The highest BCUT2D eigenvalue weighted by molar-refractivity contribution is 6.35. The summed E-state index contributed by atoms with van der Waals surface area (Å²) in [5, 5.41) is 10.4. The van der Waals surface area contributed by atoms with E-state index in [0.29, 0.717) is 13.0 Å². The maximum absolute atomic E-state index is 11.5. The van der Waals surface area contributed by atoms with Gasteiger partial charge in [-0.15, -0.1) is 0 Å². The van der Waals surface area contributed by atoms with Crippen molar-refractivity contribution < 1.29 is 14.4 Å². The third kappa shape index (κ3) is 2.70. The van der Waals surface area contributed by atoms with Crippen molar-refractivity contribution in [2.45, 2.75) is 6.42 Å². The summed E-state index contributed by atoms with van der Waals surface area (Å²) in [5.74, 6) is -2.40. The van der Waals surface area contributed by atoms with Gasteiger partial charge in [0, 0.05) is 13.1 Å². The van der Waals surface area contributed by atoms with Crippen LogP contribution in [0.4, 0.5) is 0 Å². The number of likely N-dealkylation sites (tertiary alicyclic amines) is 1. The minimum absolute atomic E-state index is 0.175. The van der Waals surface area contributed by atoms with Gasteiger partial charge in [0.25, 0.3) is 0 Å². The highest BCUT2D eigenvalue weighted by atomic mass is 16.2. The molecular weight excluding hydrogens is 212 g/mol. The number of rotatable bonds is 2. The lowest BCUT2D eigenvalue weighted by molar-refractivity contribution is -0.145. The van der Waals surface area contributed by atoms with Crippen molar-refractivity contribution in [1.82, 2.24) is 10.2 Å². The minimum Gasteiger partial charge on any atom is -0.369 e. The Morgan fingerprint density at radius 1 is 1.50 bits per heavy atom. The summed E-state index contributed by atoms with van der Waals surface area (Å²) in [4.78, 5) is 34.8. The molecule has 7 nitrogen and oxygen atoms in total. The van der Waals surface area contributed by atoms with Crippen molar-refractivity contribution in [3.63, 3.8) is 0 Å². The van der Waals surface area contributed by atoms with Gasteiger partial charge in [0.2, 0.25) is 5.91 Å². The first-order valence-electron chi connectivity index (χ1n) is 4.79. The van der Waals surface area contributed by atoms with Crippen LogP contribution in [0.15, 0.2) is 0 Å². The van der Waals surface area contributed by atoms with Gasteiger partial charge in [0.1, 0.15) is 6.54 Å². The molecule has 0 aromatic rings. The highest BCUT2D eigenvalue weighted by Crippen LogP contribution is 2.15. The van der Waals surface area contributed by atoms with Crippen molar-refractivity contribution in [2.75, 3.05) is 19.6 Å². The lowest BCUT2D eigenvalue weighted by atomic mass is 10.1. The SMILES string of the molecule is N#CCNC(=O)C(=O)N1CCC(C(N)=O)C1. The van der Waals surface area contributed by atoms with Crippen molar-refractivity contribution in [3.05, 3.63) is 0 Å². The van der Waals surface area contributed by atoms with Crippen LogP contribution in [0.25, 0.3) is 0 Å². The van der Waals surface area contributed by atoms with Gasteiger partial charge in [-0.3, -0.25) is 14.4 Å². The van der Waals surface area contributed by atoms with E-state index in [2.05, 4.69) is 5.32 Å². The normalized spacial score (nSPS) is 18.9. The summed E-state index contributed by atoms with van der Waals surface area (Å²) in [6.07, 6.45) is 0.479. The number of hydrogen-bond acceptors (Lipinski definition) is 4. The zero-order valence-corrected chi connectivity index (χ0v) is 8.60. The Kier molecular flexibility index (Phi) is 3.83. The molecule has 1 heterocycles. The molecule has 3 amide bonds. The summed E-state index contributed by atoms with van der Waals surface area (Å²) in [5.41, 5.74) is 5.10. The van der Waals surface area contributed by atoms with Gasteiger partial charge in [-0.05, 0) is 6.42 Å². The van der Waals surface area contributed by atoms with Crippen LogP contribution in [0, 0.1) is 17.2 Å². The van der Waals surface area contributed by atoms with Crippen LogP contribution < -0.4 is 11.1 Å². The molecule has 0 saturated carbocycles. The highest BCUT2D eigenvalue weighted by Gasteiger charge is 2.32. The van der Waals surface area contributed by atoms with Crippen molar-refractivity contribution in [1.29, 1.82) is 5.26 Å². The van der Waals surface area contributed by atoms with Crippen LogP contribution in [-0.4, -0.2) is 42.3 Å². The monoisotopic (exact) mass is 224 g/mol. The first-order valence-corrected chi connectivity index (χ1v) is 4.79. The molecule has 1 fully saturated rings. The number of nitrogens with two attached hydrogens (primary N) is 1. The summed E-state index contributed by atoms with van der Waals surface area (Å²) >= 11 is 0. The number of carbonyl (C=O) groups is 3. The average molecular weight is 224 g/mol. The molecule has 3 N–H and O–H groups in total. The molecule has 86 valence electrons. The number of carbonyl (C=O) groups excluding carboxylic acids is 3. The second kappa shape index (κ2) is 5.11. The summed E-state index contributed by atoms with van der Waals surface area (Å²) in [6.45, 7) is 0.304. The zero-order valence-electron chi connectivity index (χ0n) is 8.60. The molecule has 1 unspecified atom stereocenters. The van der Waals surface area contributed by atoms with Crippen molar-refractivity contribution in [3.8, 4) is 6.07 Å². The van der Waals surface area contributed by atoms with Crippen LogP contribution in [0.2, 0.25) is 0 Å². The number of hydrogen-bond donors (Lipinski definition) is 2. The fourth-order valence-electron chi connectivity index (χ4n) is 1.52.